The SMILES string of the molecule is CCn1ccnc1CNc1ccc(OC)c(C)c1. The number of methoxy groups -OCH3 is 1. The van der Waals surface area contributed by atoms with Crippen molar-refractivity contribution < 1.29 is 4.74 Å². The molecule has 0 radical (unpaired) electrons. The fourth-order valence-electron chi connectivity index (χ4n) is 1.96. The van der Waals surface area contributed by atoms with E-state index >= 15 is 0 Å². The van der Waals surface area contributed by atoms with E-state index in [1.54, 1.807) is 7.11 Å². The van der Waals surface area contributed by atoms with Gasteiger partial charge in [0, 0.05) is 24.6 Å². The minimum absolute atomic E-state index is 0.729. The summed E-state index contributed by atoms with van der Waals surface area (Å²) in [5, 5.41) is 3.38. The highest BCUT2D eigenvalue weighted by atomic mass is 16.5. The van der Waals surface area contributed by atoms with E-state index in [4.69, 9.17) is 4.74 Å². The molecule has 0 bridgehead atoms. The normalized spacial score (nSPS) is 10.4. The van der Waals surface area contributed by atoms with Crippen LogP contribution >= 0.6 is 0 Å². The lowest BCUT2D eigenvalue weighted by Crippen LogP contribution is -2.07. The van der Waals surface area contributed by atoms with Gasteiger partial charge in [-0.3, -0.25) is 0 Å². The molecule has 96 valence electrons. The Kier molecular flexibility index (Phi) is 3.87. The third-order valence-electron chi connectivity index (χ3n) is 2.99. The number of hydrogen-bond acceptors (Lipinski definition) is 3. The highest BCUT2D eigenvalue weighted by Gasteiger charge is 2.02. The summed E-state index contributed by atoms with van der Waals surface area (Å²) in [5.41, 5.74) is 2.21. The maximum Gasteiger partial charge on any atom is 0.128 e. The number of nitrogens with zero attached hydrogens (tertiary/aromatic N) is 2. The number of nitrogens with one attached hydrogen (secondary N) is 1. The summed E-state index contributed by atoms with van der Waals surface area (Å²) >= 11 is 0. The Hall–Kier alpha value is -1.97. The van der Waals surface area contributed by atoms with E-state index in [1.807, 2.05) is 31.5 Å². The second kappa shape index (κ2) is 5.58. The van der Waals surface area contributed by atoms with Gasteiger partial charge in [0.05, 0.1) is 13.7 Å². The van der Waals surface area contributed by atoms with E-state index in [2.05, 4.69) is 27.9 Å². The molecule has 2 aromatic rings. The molecule has 4 heteroatoms. The minimum Gasteiger partial charge on any atom is -0.496 e. The number of benzene rings is 1. The van der Waals surface area contributed by atoms with Crippen LogP contribution in [0.15, 0.2) is 30.6 Å². The maximum atomic E-state index is 5.24. The van der Waals surface area contributed by atoms with E-state index in [0.29, 0.717) is 0 Å². The van der Waals surface area contributed by atoms with Gasteiger partial charge in [0.1, 0.15) is 11.6 Å². The molecule has 1 aromatic heterocycles. The lowest BCUT2D eigenvalue weighted by Gasteiger charge is -2.10. The summed E-state index contributed by atoms with van der Waals surface area (Å²) in [7, 11) is 1.69. The van der Waals surface area contributed by atoms with Gasteiger partial charge in [0.15, 0.2) is 0 Å². The molecule has 0 fully saturated rings. The Labute approximate surface area is 108 Å². The lowest BCUT2D eigenvalue weighted by molar-refractivity contribution is 0.412. The summed E-state index contributed by atoms with van der Waals surface area (Å²) in [6.07, 6.45) is 3.83. The van der Waals surface area contributed by atoms with Crippen molar-refractivity contribution >= 4 is 5.69 Å². The first-order valence-corrected chi connectivity index (χ1v) is 6.13. The smallest absolute Gasteiger partial charge is 0.128 e. The minimum atomic E-state index is 0.729. The second-order valence-electron chi connectivity index (χ2n) is 4.17. The highest BCUT2D eigenvalue weighted by molar-refractivity contribution is 5.50. The Morgan fingerprint density at radius 2 is 2.22 bits per heavy atom. The molecule has 0 saturated carbocycles. The van der Waals surface area contributed by atoms with Crippen LogP contribution in [0.5, 0.6) is 5.75 Å². The van der Waals surface area contributed by atoms with E-state index < -0.39 is 0 Å². The van der Waals surface area contributed by atoms with Gasteiger partial charge < -0.3 is 14.6 Å². The zero-order chi connectivity index (χ0) is 13.0. The van der Waals surface area contributed by atoms with Crippen LogP contribution in [-0.2, 0) is 13.1 Å². The van der Waals surface area contributed by atoms with E-state index in [1.165, 1.54) is 0 Å². The second-order valence-corrected chi connectivity index (χ2v) is 4.17. The van der Waals surface area contributed by atoms with Crippen LogP contribution in [0.3, 0.4) is 0 Å². The molecule has 0 atom stereocenters. The first kappa shape index (κ1) is 12.5. The van der Waals surface area contributed by atoms with Crippen molar-refractivity contribution in [2.75, 3.05) is 12.4 Å². The van der Waals surface area contributed by atoms with Gasteiger partial charge in [-0.1, -0.05) is 0 Å². The standard InChI is InChI=1S/C14H19N3O/c1-4-17-8-7-15-14(17)10-16-12-5-6-13(18-3)11(2)9-12/h5-9,16H,4,10H2,1-3H3. The number of anilines is 1. The van der Waals surface area contributed by atoms with Gasteiger partial charge in [0.25, 0.3) is 0 Å². The topological polar surface area (TPSA) is 39.1 Å². The third-order valence-corrected chi connectivity index (χ3v) is 2.99. The van der Waals surface area contributed by atoms with Crippen LogP contribution < -0.4 is 10.1 Å². The van der Waals surface area contributed by atoms with E-state index in [9.17, 15) is 0 Å². The van der Waals surface area contributed by atoms with Crippen LogP contribution in [0.25, 0.3) is 0 Å². The van der Waals surface area contributed by atoms with Crippen LogP contribution in [0, 0.1) is 6.92 Å². The molecular formula is C14H19N3O. The third kappa shape index (κ3) is 2.64. The zero-order valence-electron chi connectivity index (χ0n) is 11.1. The maximum absolute atomic E-state index is 5.24. The molecular weight excluding hydrogens is 226 g/mol. The van der Waals surface area contributed by atoms with Gasteiger partial charge >= 0.3 is 0 Å². The van der Waals surface area contributed by atoms with Crippen LogP contribution in [-0.4, -0.2) is 16.7 Å². The van der Waals surface area contributed by atoms with Crippen molar-refractivity contribution in [1.82, 2.24) is 9.55 Å². The Balaban J connectivity index is 2.04. The van der Waals surface area contributed by atoms with Crippen LogP contribution in [0.4, 0.5) is 5.69 Å². The van der Waals surface area contributed by atoms with Crippen molar-refractivity contribution in [2.24, 2.45) is 0 Å². The average molecular weight is 245 g/mol. The fourth-order valence-corrected chi connectivity index (χ4v) is 1.96. The summed E-state index contributed by atoms with van der Waals surface area (Å²) in [5.74, 6) is 1.96. The number of imidazole rings is 1. The molecule has 1 heterocycles. The molecule has 4 nitrogen and oxygen atoms in total. The van der Waals surface area contributed by atoms with Gasteiger partial charge in [-0.15, -0.1) is 0 Å². The number of aromatic nitrogens is 2. The highest BCUT2D eigenvalue weighted by Crippen LogP contribution is 2.21. The summed E-state index contributed by atoms with van der Waals surface area (Å²) < 4.78 is 7.37. The predicted molar refractivity (Wildman–Crippen MR) is 73.0 cm³/mol. The van der Waals surface area contributed by atoms with Gasteiger partial charge in [-0.2, -0.15) is 0 Å². The van der Waals surface area contributed by atoms with Crippen molar-refractivity contribution in [3.05, 3.63) is 42.0 Å². The molecule has 2 rings (SSSR count). The lowest BCUT2D eigenvalue weighted by atomic mass is 10.2. The molecule has 0 aliphatic carbocycles. The summed E-state index contributed by atoms with van der Waals surface area (Å²) in [4.78, 5) is 4.33. The summed E-state index contributed by atoms with van der Waals surface area (Å²) in [6, 6.07) is 6.08. The van der Waals surface area contributed by atoms with Crippen molar-refractivity contribution in [3.8, 4) is 5.75 Å². The van der Waals surface area contributed by atoms with Crippen molar-refractivity contribution in [3.63, 3.8) is 0 Å². The van der Waals surface area contributed by atoms with Gasteiger partial charge in [-0.05, 0) is 37.6 Å². The molecule has 0 spiro atoms. The van der Waals surface area contributed by atoms with E-state index in [0.717, 1.165) is 35.9 Å². The van der Waals surface area contributed by atoms with E-state index in [-0.39, 0.29) is 0 Å². The molecule has 0 aliphatic heterocycles. The fraction of sp³-hybridized carbons (Fsp3) is 0.357. The molecule has 0 amide bonds. The molecule has 1 aromatic carbocycles. The zero-order valence-corrected chi connectivity index (χ0v) is 11.1. The summed E-state index contributed by atoms with van der Waals surface area (Å²) in [6.45, 7) is 5.82. The number of hydrogen-bond donors (Lipinski definition) is 1. The quantitative estimate of drug-likeness (QED) is 0.880. The van der Waals surface area contributed by atoms with Gasteiger partial charge in [-0.25, -0.2) is 4.98 Å². The van der Waals surface area contributed by atoms with Crippen molar-refractivity contribution in [1.29, 1.82) is 0 Å². The largest absolute Gasteiger partial charge is 0.496 e. The number of aryl methyl sites for hydroxylation is 2. The van der Waals surface area contributed by atoms with Crippen molar-refractivity contribution in [2.45, 2.75) is 26.9 Å². The van der Waals surface area contributed by atoms with Crippen LogP contribution in [0.2, 0.25) is 0 Å². The monoisotopic (exact) mass is 245 g/mol. The first-order chi connectivity index (χ1) is 8.74. The molecule has 1 N–H and O–H groups in total. The Morgan fingerprint density at radius 1 is 1.39 bits per heavy atom. The van der Waals surface area contributed by atoms with Gasteiger partial charge in [0.2, 0.25) is 0 Å². The molecule has 0 aliphatic rings. The predicted octanol–water partition coefficient (Wildman–Crippen LogP) is 2.83. The Morgan fingerprint density at radius 3 is 2.89 bits per heavy atom. The van der Waals surface area contributed by atoms with Crippen LogP contribution in [0.1, 0.15) is 18.3 Å². The molecule has 0 unspecified atom stereocenters. The molecule has 0 saturated heterocycles. The average Bonchev–Trinajstić information content (AvgIpc) is 2.84. The number of rotatable bonds is 5. The number of ether oxygens (including phenoxy) is 1. The Bertz CT molecular complexity index is 520. The molecule has 18 heavy (non-hydrogen) atoms. The first-order valence-electron chi connectivity index (χ1n) is 6.13.